The molecule has 0 unspecified atom stereocenters. The Balaban J connectivity index is 1.88. The van der Waals surface area contributed by atoms with Crippen LogP contribution in [-0.4, -0.2) is 35.5 Å². The van der Waals surface area contributed by atoms with E-state index in [2.05, 4.69) is 9.97 Å². The molecule has 1 saturated heterocycles. The molecule has 0 saturated carbocycles. The number of aromatic nitrogens is 2. The van der Waals surface area contributed by atoms with Crippen molar-refractivity contribution in [3.8, 4) is 10.6 Å². The van der Waals surface area contributed by atoms with Crippen molar-refractivity contribution in [2.24, 2.45) is 0 Å². The number of rotatable bonds is 3. The summed E-state index contributed by atoms with van der Waals surface area (Å²) in [6, 6.07) is 3.74. The summed E-state index contributed by atoms with van der Waals surface area (Å²) in [6.45, 7) is 0.583. The number of nitrogens with zero attached hydrogens (tertiary/aromatic N) is 3. The maximum atomic E-state index is 11.8. The van der Waals surface area contributed by atoms with Gasteiger partial charge in [0.1, 0.15) is 5.01 Å². The van der Waals surface area contributed by atoms with Gasteiger partial charge in [-0.3, -0.25) is 4.98 Å². The third-order valence-corrected chi connectivity index (χ3v) is 5.55. The van der Waals surface area contributed by atoms with Gasteiger partial charge in [0.25, 0.3) is 0 Å². The minimum absolute atomic E-state index is 0.129. The van der Waals surface area contributed by atoms with Gasteiger partial charge in [0.2, 0.25) is 10.0 Å². The summed E-state index contributed by atoms with van der Waals surface area (Å²) < 4.78 is 25.1. The van der Waals surface area contributed by atoms with Gasteiger partial charge in [0.15, 0.2) is 0 Å². The van der Waals surface area contributed by atoms with E-state index in [1.165, 1.54) is 6.26 Å². The fourth-order valence-electron chi connectivity index (χ4n) is 2.53. The first-order valence-electron chi connectivity index (χ1n) is 6.38. The monoisotopic (exact) mass is 309 g/mol. The van der Waals surface area contributed by atoms with E-state index in [9.17, 15) is 8.42 Å². The molecule has 1 aliphatic rings. The molecule has 3 rings (SSSR count). The van der Waals surface area contributed by atoms with Crippen molar-refractivity contribution < 1.29 is 8.42 Å². The highest BCUT2D eigenvalue weighted by molar-refractivity contribution is 7.88. The van der Waals surface area contributed by atoms with E-state index in [1.807, 2.05) is 17.5 Å². The fourth-order valence-corrected chi connectivity index (χ4v) is 4.29. The Morgan fingerprint density at radius 2 is 2.20 bits per heavy atom. The van der Waals surface area contributed by atoms with Gasteiger partial charge < -0.3 is 0 Å². The second kappa shape index (κ2) is 5.23. The summed E-state index contributed by atoms with van der Waals surface area (Å²) in [6.07, 6.45) is 6.50. The molecule has 5 nitrogen and oxygen atoms in total. The van der Waals surface area contributed by atoms with Crippen LogP contribution < -0.4 is 0 Å². The quantitative estimate of drug-likeness (QED) is 0.873. The topological polar surface area (TPSA) is 63.2 Å². The van der Waals surface area contributed by atoms with Crippen LogP contribution >= 0.6 is 11.3 Å². The number of hydrogen-bond acceptors (Lipinski definition) is 5. The van der Waals surface area contributed by atoms with Crippen molar-refractivity contribution in [3.05, 3.63) is 35.6 Å². The SMILES string of the molecule is CS(=O)(=O)N1CCC[C@@H]1c1ccc(-c2nccs2)cn1. The summed E-state index contributed by atoms with van der Waals surface area (Å²) >= 11 is 1.56. The second-order valence-electron chi connectivity index (χ2n) is 4.84. The molecule has 2 aromatic heterocycles. The summed E-state index contributed by atoms with van der Waals surface area (Å²) in [7, 11) is -3.17. The van der Waals surface area contributed by atoms with Crippen LogP contribution in [0.4, 0.5) is 0 Å². The lowest BCUT2D eigenvalue weighted by atomic mass is 10.1. The van der Waals surface area contributed by atoms with Gasteiger partial charge in [-0.05, 0) is 25.0 Å². The molecule has 7 heteroatoms. The molecule has 106 valence electrons. The largest absolute Gasteiger partial charge is 0.259 e. The van der Waals surface area contributed by atoms with Crippen LogP contribution in [0.25, 0.3) is 10.6 Å². The molecular formula is C13H15N3O2S2. The third-order valence-electron chi connectivity index (χ3n) is 3.44. The lowest BCUT2D eigenvalue weighted by Gasteiger charge is -2.21. The summed E-state index contributed by atoms with van der Waals surface area (Å²) in [5.74, 6) is 0. The maximum Gasteiger partial charge on any atom is 0.211 e. The van der Waals surface area contributed by atoms with E-state index in [4.69, 9.17) is 0 Å². The minimum Gasteiger partial charge on any atom is -0.259 e. The Hall–Kier alpha value is -1.31. The van der Waals surface area contributed by atoms with Crippen LogP contribution in [0, 0.1) is 0 Å². The minimum atomic E-state index is -3.17. The predicted octanol–water partition coefficient (Wildman–Crippen LogP) is 2.30. The Morgan fingerprint density at radius 3 is 2.80 bits per heavy atom. The van der Waals surface area contributed by atoms with E-state index in [0.717, 1.165) is 29.1 Å². The van der Waals surface area contributed by atoms with Gasteiger partial charge >= 0.3 is 0 Å². The zero-order valence-electron chi connectivity index (χ0n) is 11.1. The average molecular weight is 309 g/mol. The molecule has 0 amide bonds. The molecule has 1 atom stereocenters. The van der Waals surface area contributed by atoms with E-state index in [1.54, 1.807) is 28.0 Å². The molecule has 0 bridgehead atoms. The molecule has 0 aliphatic carbocycles. The van der Waals surface area contributed by atoms with Gasteiger partial charge in [-0.15, -0.1) is 11.3 Å². The van der Waals surface area contributed by atoms with Crippen LogP contribution in [0.1, 0.15) is 24.6 Å². The maximum absolute atomic E-state index is 11.8. The van der Waals surface area contributed by atoms with Crippen molar-refractivity contribution >= 4 is 21.4 Å². The van der Waals surface area contributed by atoms with Crippen LogP contribution in [0.3, 0.4) is 0 Å². The average Bonchev–Trinajstić information content (AvgIpc) is 3.10. The molecule has 1 fully saturated rings. The van der Waals surface area contributed by atoms with Crippen LogP contribution in [-0.2, 0) is 10.0 Å². The van der Waals surface area contributed by atoms with Crippen molar-refractivity contribution in [2.75, 3.05) is 12.8 Å². The first-order valence-corrected chi connectivity index (χ1v) is 9.11. The van der Waals surface area contributed by atoms with Crippen LogP contribution in [0.2, 0.25) is 0 Å². The standard InChI is InChI=1S/C13H15N3O2S2/c1-20(17,18)16-7-2-3-12(16)11-5-4-10(9-15-11)13-14-6-8-19-13/h4-6,8-9,12H,2-3,7H2,1H3/t12-/m1/s1. The zero-order chi connectivity index (χ0) is 14.2. The van der Waals surface area contributed by atoms with E-state index < -0.39 is 10.0 Å². The summed E-state index contributed by atoms with van der Waals surface area (Å²) in [5, 5.41) is 2.85. The first-order chi connectivity index (χ1) is 9.55. The molecule has 2 aromatic rings. The molecule has 1 aliphatic heterocycles. The Bertz CT molecular complexity index is 681. The van der Waals surface area contributed by atoms with E-state index in [-0.39, 0.29) is 6.04 Å². The van der Waals surface area contributed by atoms with E-state index in [0.29, 0.717) is 6.54 Å². The Morgan fingerprint density at radius 1 is 1.35 bits per heavy atom. The second-order valence-corrected chi connectivity index (χ2v) is 7.67. The molecule has 0 N–H and O–H groups in total. The molecule has 0 spiro atoms. The fraction of sp³-hybridized carbons (Fsp3) is 0.385. The van der Waals surface area contributed by atoms with E-state index >= 15 is 0 Å². The summed E-state index contributed by atoms with van der Waals surface area (Å²) in [4.78, 5) is 8.68. The lowest BCUT2D eigenvalue weighted by Crippen LogP contribution is -2.29. The molecule has 0 aromatic carbocycles. The predicted molar refractivity (Wildman–Crippen MR) is 78.9 cm³/mol. The van der Waals surface area contributed by atoms with Crippen molar-refractivity contribution in [3.63, 3.8) is 0 Å². The number of pyridine rings is 1. The van der Waals surface area contributed by atoms with Gasteiger partial charge in [-0.2, -0.15) is 4.31 Å². The summed E-state index contributed by atoms with van der Waals surface area (Å²) in [5.41, 5.74) is 1.78. The smallest absolute Gasteiger partial charge is 0.211 e. The highest BCUT2D eigenvalue weighted by Crippen LogP contribution is 2.33. The molecular weight excluding hydrogens is 294 g/mol. The number of thiazole rings is 1. The Labute approximate surface area is 122 Å². The third kappa shape index (κ3) is 2.61. The molecule has 0 radical (unpaired) electrons. The van der Waals surface area contributed by atoms with Gasteiger partial charge in [0.05, 0.1) is 18.0 Å². The van der Waals surface area contributed by atoms with Crippen molar-refractivity contribution in [1.29, 1.82) is 0 Å². The van der Waals surface area contributed by atoms with Gasteiger partial charge in [-0.1, -0.05) is 0 Å². The highest BCUT2D eigenvalue weighted by Gasteiger charge is 2.33. The number of hydrogen-bond donors (Lipinski definition) is 0. The molecule has 3 heterocycles. The van der Waals surface area contributed by atoms with Gasteiger partial charge in [-0.25, -0.2) is 13.4 Å². The van der Waals surface area contributed by atoms with Crippen molar-refractivity contribution in [1.82, 2.24) is 14.3 Å². The Kier molecular flexibility index (Phi) is 3.57. The normalized spacial score (nSPS) is 20.4. The van der Waals surface area contributed by atoms with Crippen molar-refractivity contribution in [2.45, 2.75) is 18.9 Å². The molecule has 20 heavy (non-hydrogen) atoms. The lowest BCUT2D eigenvalue weighted by molar-refractivity contribution is 0.394. The van der Waals surface area contributed by atoms with Crippen LogP contribution in [0.5, 0.6) is 0 Å². The first kappa shape index (κ1) is 13.7. The number of sulfonamides is 1. The highest BCUT2D eigenvalue weighted by atomic mass is 32.2. The van der Waals surface area contributed by atoms with Crippen LogP contribution in [0.15, 0.2) is 29.9 Å². The zero-order valence-corrected chi connectivity index (χ0v) is 12.7. The van der Waals surface area contributed by atoms with Gasteiger partial charge in [0, 0.05) is 29.9 Å².